The molecule has 0 spiro atoms. The molecule has 0 aromatic carbocycles. The number of hydrogen-bond donors (Lipinski definition) is 2. The maximum absolute atomic E-state index is 11.1. The molecular formula is C11H21NO2. The van der Waals surface area contributed by atoms with Gasteiger partial charge in [0.15, 0.2) is 0 Å². The van der Waals surface area contributed by atoms with Crippen molar-refractivity contribution in [1.29, 1.82) is 0 Å². The highest BCUT2D eigenvalue weighted by Crippen LogP contribution is 1.97. The third-order valence-corrected chi connectivity index (χ3v) is 1.83. The summed E-state index contributed by atoms with van der Waals surface area (Å²) >= 11 is 0. The summed E-state index contributed by atoms with van der Waals surface area (Å²) < 4.78 is 0. The van der Waals surface area contributed by atoms with Crippen LogP contribution in [0, 0.1) is 5.92 Å². The normalized spacial score (nSPS) is 13.5. The maximum atomic E-state index is 11.1. The Morgan fingerprint density at radius 2 is 2.14 bits per heavy atom. The lowest BCUT2D eigenvalue weighted by Gasteiger charge is -2.05. The minimum absolute atomic E-state index is 0.0815. The second kappa shape index (κ2) is 7.56. The molecule has 1 atom stereocenters. The summed E-state index contributed by atoms with van der Waals surface area (Å²) in [6.07, 6.45) is 4.14. The van der Waals surface area contributed by atoms with Crippen LogP contribution in [0.5, 0.6) is 0 Å². The van der Waals surface area contributed by atoms with Crippen LogP contribution in [0.2, 0.25) is 0 Å². The molecule has 0 fully saturated rings. The van der Waals surface area contributed by atoms with Gasteiger partial charge in [-0.3, -0.25) is 4.79 Å². The van der Waals surface area contributed by atoms with Crippen molar-refractivity contribution in [2.45, 2.75) is 39.7 Å². The van der Waals surface area contributed by atoms with Crippen molar-refractivity contribution in [3.05, 3.63) is 12.2 Å². The van der Waals surface area contributed by atoms with E-state index in [1.54, 1.807) is 6.08 Å². The third kappa shape index (κ3) is 7.80. The van der Waals surface area contributed by atoms with Crippen molar-refractivity contribution in [3.8, 4) is 0 Å². The zero-order valence-corrected chi connectivity index (χ0v) is 9.29. The Labute approximate surface area is 86.2 Å². The predicted molar refractivity (Wildman–Crippen MR) is 57.9 cm³/mol. The van der Waals surface area contributed by atoms with Gasteiger partial charge in [-0.05, 0) is 24.8 Å². The van der Waals surface area contributed by atoms with Gasteiger partial charge in [-0.2, -0.15) is 0 Å². The number of aliphatic hydroxyl groups excluding tert-OH is 1. The van der Waals surface area contributed by atoms with Crippen LogP contribution in [0.1, 0.15) is 33.6 Å². The third-order valence-electron chi connectivity index (χ3n) is 1.83. The second-order valence-corrected chi connectivity index (χ2v) is 3.84. The number of carbonyl (C=O) groups excluding carboxylic acids is 1. The summed E-state index contributed by atoms with van der Waals surface area (Å²) in [5.41, 5.74) is 0. The highest BCUT2D eigenvalue weighted by molar-refractivity contribution is 5.87. The molecule has 0 aliphatic heterocycles. The lowest BCUT2D eigenvalue weighted by Crippen LogP contribution is -2.25. The van der Waals surface area contributed by atoms with E-state index in [2.05, 4.69) is 5.32 Å². The molecule has 0 aliphatic carbocycles. The standard InChI is InChI=1S/C11H21NO2/c1-4-10(13)6-5-7-11(14)12-8-9(2)3/h5,7,9-10,13H,4,6,8H2,1-3H3,(H,12,14)/b7-5-. The number of aliphatic hydroxyl groups is 1. The van der Waals surface area contributed by atoms with Crippen molar-refractivity contribution >= 4 is 5.91 Å². The summed E-state index contributed by atoms with van der Waals surface area (Å²) in [6.45, 7) is 6.70. The molecule has 82 valence electrons. The first kappa shape index (κ1) is 13.2. The number of hydrogen-bond acceptors (Lipinski definition) is 2. The summed E-state index contributed by atoms with van der Waals surface area (Å²) in [5, 5.41) is 12.0. The largest absolute Gasteiger partial charge is 0.393 e. The van der Waals surface area contributed by atoms with E-state index < -0.39 is 0 Å². The fourth-order valence-electron chi connectivity index (χ4n) is 0.862. The minimum Gasteiger partial charge on any atom is -0.393 e. The average molecular weight is 199 g/mol. The van der Waals surface area contributed by atoms with Crippen LogP contribution < -0.4 is 5.32 Å². The summed E-state index contributed by atoms with van der Waals surface area (Å²) in [6, 6.07) is 0. The summed E-state index contributed by atoms with van der Waals surface area (Å²) in [5.74, 6) is 0.385. The lowest BCUT2D eigenvalue weighted by atomic mass is 10.2. The van der Waals surface area contributed by atoms with Crippen LogP contribution in [0.4, 0.5) is 0 Å². The Balaban J connectivity index is 3.61. The van der Waals surface area contributed by atoms with Crippen LogP contribution in [-0.2, 0) is 4.79 Å². The first-order chi connectivity index (χ1) is 6.56. The number of nitrogens with one attached hydrogen (secondary N) is 1. The molecule has 0 aromatic rings. The van der Waals surface area contributed by atoms with Gasteiger partial charge < -0.3 is 10.4 Å². The van der Waals surface area contributed by atoms with Gasteiger partial charge >= 0.3 is 0 Å². The maximum Gasteiger partial charge on any atom is 0.243 e. The first-order valence-corrected chi connectivity index (χ1v) is 5.18. The molecule has 0 heterocycles. The van der Waals surface area contributed by atoms with Gasteiger partial charge in [0.25, 0.3) is 0 Å². The molecule has 1 unspecified atom stereocenters. The van der Waals surface area contributed by atoms with Crippen LogP contribution in [0.15, 0.2) is 12.2 Å². The van der Waals surface area contributed by atoms with Crippen molar-refractivity contribution in [2.75, 3.05) is 6.54 Å². The monoisotopic (exact) mass is 199 g/mol. The zero-order chi connectivity index (χ0) is 11.0. The van der Waals surface area contributed by atoms with E-state index in [1.807, 2.05) is 20.8 Å². The van der Waals surface area contributed by atoms with Gasteiger partial charge in [0.1, 0.15) is 0 Å². The van der Waals surface area contributed by atoms with Crippen LogP contribution in [0.3, 0.4) is 0 Å². The molecule has 0 rings (SSSR count). The average Bonchev–Trinajstić information content (AvgIpc) is 2.14. The fraction of sp³-hybridized carbons (Fsp3) is 0.727. The van der Waals surface area contributed by atoms with E-state index in [9.17, 15) is 9.90 Å². The molecule has 1 amide bonds. The van der Waals surface area contributed by atoms with Crippen LogP contribution >= 0.6 is 0 Å². The minimum atomic E-state index is -0.329. The smallest absolute Gasteiger partial charge is 0.243 e. The summed E-state index contributed by atoms with van der Waals surface area (Å²) in [7, 11) is 0. The Hall–Kier alpha value is -0.830. The molecule has 3 nitrogen and oxygen atoms in total. The van der Waals surface area contributed by atoms with Crippen LogP contribution in [0.25, 0.3) is 0 Å². The van der Waals surface area contributed by atoms with Crippen molar-refractivity contribution in [2.24, 2.45) is 5.92 Å². The van der Waals surface area contributed by atoms with Crippen molar-refractivity contribution in [3.63, 3.8) is 0 Å². The molecule has 14 heavy (non-hydrogen) atoms. The highest BCUT2D eigenvalue weighted by Gasteiger charge is 1.99. The van der Waals surface area contributed by atoms with E-state index in [1.165, 1.54) is 6.08 Å². The van der Waals surface area contributed by atoms with E-state index in [0.717, 1.165) is 6.42 Å². The SMILES string of the molecule is CCC(O)C/C=C\C(=O)NCC(C)C. The lowest BCUT2D eigenvalue weighted by molar-refractivity contribution is -0.116. The molecule has 0 radical (unpaired) electrons. The van der Waals surface area contributed by atoms with E-state index in [-0.39, 0.29) is 12.0 Å². The molecule has 0 bridgehead atoms. The summed E-state index contributed by atoms with van der Waals surface area (Å²) in [4.78, 5) is 11.1. The van der Waals surface area contributed by atoms with Gasteiger partial charge in [-0.25, -0.2) is 0 Å². The van der Waals surface area contributed by atoms with Crippen molar-refractivity contribution in [1.82, 2.24) is 5.32 Å². The van der Waals surface area contributed by atoms with Gasteiger partial charge in [0.2, 0.25) is 5.91 Å². The molecule has 3 heteroatoms. The predicted octanol–water partition coefficient (Wildman–Crippen LogP) is 1.48. The Bertz CT molecular complexity index is 188. The Morgan fingerprint density at radius 1 is 1.50 bits per heavy atom. The number of amides is 1. The topological polar surface area (TPSA) is 49.3 Å². The van der Waals surface area contributed by atoms with E-state index in [4.69, 9.17) is 0 Å². The second-order valence-electron chi connectivity index (χ2n) is 3.84. The quantitative estimate of drug-likeness (QED) is 0.636. The van der Waals surface area contributed by atoms with Gasteiger partial charge in [-0.15, -0.1) is 0 Å². The van der Waals surface area contributed by atoms with Gasteiger partial charge in [0, 0.05) is 6.54 Å². The first-order valence-electron chi connectivity index (χ1n) is 5.18. The molecule has 0 aromatic heterocycles. The molecular weight excluding hydrogens is 178 g/mol. The zero-order valence-electron chi connectivity index (χ0n) is 9.29. The number of carbonyl (C=O) groups is 1. The highest BCUT2D eigenvalue weighted by atomic mass is 16.3. The molecule has 0 saturated carbocycles. The Morgan fingerprint density at radius 3 is 2.64 bits per heavy atom. The van der Waals surface area contributed by atoms with E-state index in [0.29, 0.717) is 18.9 Å². The van der Waals surface area contributed by atoms with E-state index >= 15 is 0 Å². The van der Waals surface area contributed by atoms with Gasteiger partial charge in [-0.1, -0.05) is 26.8 Å². The molecule has 2 N–H and O–H groups in total. The molecule has 0 aliphatic rings. The molecule has 0 saturated heterocycles. The Kier molecular flexibility index (Phi) is 7.11. The van der Waals surface area contributed by atoms with Crippen LogP contribution in [-0.4, -0.2) is 23.7 Å². The van der Waals surface area contributed by atoms with Gasteiger partial charge in [0.05, 0.1) is 6.10 Å². The fourth-order valence-corrected chi connectivity index (χ4v) is 0.862. The van der Waals surface area contributed by atoms with Crippen molar-refractivity contribution < 1.29 is 9.90 Å². The number of rotatable bonds is 6.